The number of rotatable bonds is 4. The van der Waals surface area contributed by atoms with Crippen molar-refractivity contribution in [2.45, 2.75) is 37.5 Å². The van der Waals surface area contributed by atoms with Gasteiger partial charge in [0.2, 0.25) is 10.0 Å². The normalized spacial score (nSPS) is 17.5. The van der Waals surface area contributed by atoms with E-state index in [-0.39, 0.29) is 17.6 Å². The van der Waals surface area contributed by atoms with Gasteiger partial charge in [-0.25, -0.2) is 17.5 Å². The Kier molecular flexibility index (Phi) is 3.79. The van der Waals surface area contributed by atoms with E-state index < -0.39 is 10.0 Å². The van der Waals surface area contributed by atoms with Crippen molar-refractivity contribution >= 4 is 10.0 Å². The van der Waals surface area contributed by atoms with Crippen LogP contribution in [0.25, 0.3) is 0 Å². The molecule has 0 saturated heterocycles. The predicted octanol–water partition coefficient (Wildman–Crippen LogP) is 2.19. The predicted molar refractivity (Wildman–Crippen MR) is 64.4 cm³/mol. The van der Waals surface area contributed by atoms with Crippen LogP contribution >= 0.6 is 0 Å². The van der Waals surface area contributed by atoms with E-state index >= 15 is 0 Å². The summed E-state index contributed by atoms with van der Waals surface area (Å²) in [5, 5.41) is 0. The molecule has 2 rings (SSSR count). The fraction of sp³-hybridized carbons (Fsp3) is 0.500. The first-order valence-corrected chi connectivity index (χ1v) is 7.45. The molecule has 0 spiro atoms. The maximum absolute atomic E-state index is 12.7. The van der Waals surface area contributed by atoms with Crippen molar-refractivity contribution in [1.29, 1.82) is 0 Å². The molecule has 1 aromatic rings. The molecule has 1 aliphatic rings. The van der Waals surface area contributed by atoms with E-state index in [0.29, 0.717) is 5.56 Å². The molecule has 94 valence electrons. The van der Waals surface area contributed by atoms with Gasteiger partial charge >= 0.3 is 0 Å². The van der Waals surface area contributed by atoms with Gasteiger partial charge in [0.25, 0.3) is 0 Å². The van der Waals surface area contributed by atoms with Gasteiger partial charge in [0.1, 0.15) is 5.82 Å². The van der Waals surface area contributed by atoms with Crippen LogP contribution in [0.1, 0.15) is 31.2 Å². The van der Waals surface area contributed by atoms with Gasteiger partial charge < -0.3 is 0 Å². The first kappa shape index (κ1) is 12.5. The number of benzene rings is 1. The summed E-state index contributed by atoms with van der Waals surface area (Å²) in [6.07, 6.45) is 4.01. The second kappa shape index (κ2) is 5.14. The average molecular weight is 257 g/mol. The molecule has 1 fully saturated rings. The van der Waals surface area contributed by atoms with Crippen molar-refractivity contribution in [3.05, 3.63) is 35.6 Å². The summed E-state index contributed by atoms with van der Waals surface area (Å²) in [6, 6.07) is 5.65. The lowest BCUT2D eigenvalue weighted by Crippen LogP contribution is -2.33. The molecule has 0 unspecified atom stereocenters. The van der Waals surface area contributed by atoms with E-state index in [0.717, 1.165) is 25.7 Å². The molecular formula is C12H16FNO2S. The van der Waals surface area contributed by atoms with Crippen molar-refractivity contribution in [3.8, 4) is 0 Å². The van der Waals surface area contributed by atoms with Crippen molar-refractivity contribution < 1.29 is 12.8 Å². The molecule has 0 atom stereocenters. The van der Waals surface area contributed by atoms with Crippen LogP contribution in [-0.2, 0) is 15.8 Å². The third-order valence-electron chi connectivity index (χ3n) is 2.97. The number of hydrogen-bond donors (Lipinski definition) is 1. The third kappa shape index (κ3) is 3.78. The summed E-state index contributed by atoms with van der Waals surface area (Å²) in [5.74, 6) is -0.432. The Bertz CT molecular complexity index is 464. The lowest BCUT2D eigenvalue weighted by molar-refractivity contribution is 0.551. The molecule has 1 N–H and O–H groups in total. The first-order valence-electron chi connectivity index (χ1n) is 5.80. The maximum Gasteiger partial charge on any atom is 0.216 e. The van der Waals surface area contributed by atoms with Crippen LogP contribution < -0.4 is 4.72 Å². The molecule has 5 heteroatoms. The van der Waals surface area contributed by atoms with Crippen molar-refractivity contribution in [2.24, 2.45) is 0 Å². The molecule has 0 aromatic heterocycles. The second-order valence-electron chi connectivity index (χ2n) is 4.48. The van der Waals surface area contributed by atoms with Crippen LogP contribution in [0.3, 0.4) is 0 Å². The molecular weight excluding hydrogens is 241 g/mol. The van der Waals surface area contributed by atoms with Gasteiger partial charge in [-0.1, -0.05) is 25.0 Å². The highest BCUT2D eigenvalue weighted by Crippen LogP contribution is 2.19. The van der Waals surface area contributed by atoms with E-state index in [2.05, 4.69) is 4.72 Å². The van der Waals surface area contributed by atoms with Gasteiger partial charge in [0.15, 0.2) is 0 Å². The largest absolute Gasteiger partial charge is 0.216 e. The summed E-state index contributed by atoms with van der Waals surface area (Å²) < 4.78 is 39.1. The van der Waals surface area contributed by atoms with Gasteiger partial charge in [-0.15, -0.1) is 0 Å². The Hall–Kier alpha value is -0.940. The van der Waals surface area contributed by atoms with Crippen LogP contribution in [-0.4, -0.2) is 14.5 Å². The first-order chi connectivity index (χ1) is 8.05. The second-order valence-corrected chi connectivity index (χ2v) is 6.24. The van der Waals surface area contributed by atoms with E-state index in [1.807, 2.05) is 0 Å². The molecule has 0 radical (unpaired) electrons. The maximum atomic E-state index is 12.7. The molecule has 0 bridgehead atoms. The van der Waals surface area contributed by atoms with E-state index in [1.54, 1.807) is 0 Å². The summed E-state index contributed by atoms with van der Waals surface area (Å²) in [4.78, 5) is 0. The van der Waals surface area contributed by atoms with Crippen LogP contribution in [0, 0.1) is 5.82 Å². The Labute approximate surface area is 101 Å². The quantitative estimate of drug-likeness (QED) is 0.898. The lowest BCUT2D eigenvalue weighted by Gasteiger charge is -2.12. The molecule has 0 aliphatic heterocycles. The van der Waals surface area contributed by atoms with Gasteiger partial charge in [-0.05, 0) is 30.5 Å². The van der Waals surface area contributed by atoms with Gasteiger partial charge in [0, 0.05) is 6.04 Å². The SMILES string of the molecule is O=S(=O)(Cc1ccc(F)cc1)NC1CCCC1. The monoisotopic (exact) mass is 257 g/mol. The highest BCUT2D eigenvalue weighted by Gasteiger charge is 2.21. The number of halogens is 1. The number of hydrogen-bond acceptors (Lipinski definition) is 2. The molecule has 1 aromatic carbocycles. The van der Waals surface area contributed by atoms with Crippen LogP contribution in [0.2, 0.25) is 0 Å². The average Bonchev–Trinajstić information content (AvgIpc) is 2.73. The van der Waals surface area contributed by atoms with Gasteiger partial charge in [-0.2, -0.15) is 0 Å². The van der Waals surface area contributed by atoms with E-state index in [4.69, 9.17) is 0 Å². The Morgan fingerprint density at radius 3 is 2.35 bits per heavy atom. The third-order valence-corrected chi connectivity index (χ3v) is 4.38. The van der Waals surface area contributed by atoms with E-state index in [1.165, 1.54) is 24.3 Å². The van der Waals surface area contributed by atoms with Crippen molar-refractivity contribution in [3.63, 3.8) is 0 Å². The minimum atomic E-state index is -3.30. The summed E-state index contributed by atoms with van der Waals surface area (Å²) in [5.41, 5.74) is 0.608. The zero-order valence-corrected chi connectivity index (χ0v) is 10.3. The number of sulfonamides is 1. The zero-order valence-electron chi connectivity index (χ0n) is 9.52. The smallest absolute Gasteiger partial charge is 0.212 e. The minimum Gasteiger partial charge on any atom is -0.212 e. The summed E-state index contributed by atoms with van der Waals surface area (Å²) >= 11 is 0. The molecule has 3 nitrogen and oxygen atoms in total. The molecule has 0 amide bonds. The number of nitrogens with one attached hydrogen (secondary N) is 1. The highest BCUT2D eigenvalue weighted by molar-refractivity contribution is 7.88. The molecule has 0 heterocycles. The molecule has 1 saturated carbocycles. The van der Waals surface area contributed by atoms with Gasteiger partial charge in [-0.3, -0.25) is 0 Å². The zero-order chi connectivity index (χ0) is 12.3. The van der Waals surface area contributed by atoms with Crippen LogP contribution in [0.5, 0.6) is 0 Å². The standard InChI is InChI=1S/C12H16FNO2S/c13-11-7-5-10(6-8-11)9-17(15,16)14-12-3-1-2-4-12/h5-8,12,14H,1-4,9H2. The fourth-order valence-corrected chi connectivity index (χ4v) is 3.60. The lowest BCUT2D eigenvalue weighted by atomic mass is 10.2. The van der Waals surface area contributed by atoms with Crippen LogP contribution in [0.15, 0.2) is 24.3 Å². The summed E-state index contributed by atoms with van der Waals surface area (Å²) in [6.45, 7) is 0. The topological polar surface area (TPSA) is 46.2 Å². The summed E-state index contributed by atoms with van der Waals surface area (Å²) in [7, 11) is -3.30. The molecule has 1 aliphatic carbocycles. The Balaban J connectivity index is 1.98. The molecule has 17 heavy (non-hydrogen) atoms. The Morgan fingerprint density at radius 1 is 1.18 bits per heavy atom. The van der Waals surface area contributed by atoms with Crippen molar-refractivity contribution in [1.82, 2.24) is 4.72 Å². The minimum absolute atomic E-state index is 0.0796. The highest BCUT2D eigenvalue weighted by atomic mass is 32.2. The van der Waals surface area contributed by atoms with Crippen molar-refractivity contribution in [2.75, 3.05) is 0 Å². The van der Waals surface area contributed by atoms with E-state index in [9.17, 15) is 12.8 Å². The van der Waals surface area contributed by atoms with Crippen LogP contribution in [0.4, 0.5) is 4.39 Å². The van der Waals surface area contributed by atoms with Gasteiger partial charge in [0.05, 0.1) is 5.75 Å². The Morgan fingerprint density at radius 2 is 1.76 bits per heavy atom. The fourth-order valence-electron chi connectivity index (χ4n) is 2.14.